The van der Waals surface area contributed by atoms with Crippen LogP contribution in [0.2, 0.25) is 0 Å². The maximum absolute atomic E-state index is 10.7. The molecule has 0 aliphatic heterocycles. The number of aliphatic hydroxyl groups is 1. The zero-order valence-electron chi connectivity index (χ0n) is 12.3. The number of thiophene rings is 1. The van der Waals surface area contributed by atoms with Crippen LogP contribution < -0.4 is 4.74 Å². The molecule has 0 bridgehead atoms. The minimum Gasteiger partial charge on any atom is -0.496 e. The van der Waals surface area contributed by atoms with E-state index in [1.54, 1.807) is 18.6 Å². The lowest BCUT2D eigenvalue weighted by atomic mass is 10.1. The smallest absolute Gasteiger partial charge is 0.324 e. The van der Waals surface area contributed by atoms with Crippen molar-refractivity contribution in [1.29, 1.82) is 0 Å². The second-order valence-electron chi connectivity index (χ2n) is 4.80. The van der Waals surface area contributed by atoms with Crippen LogP contribution >= 0.6 is 11.3 Å². The van der Waals surface area contributed by atoms with E-state index < -0.39 is 0 Å². The first kappa shape index (κ1) is 16.4. The molecule has 118 valence electrons. The number of para-hydroxylation sites is 1. The van der Waals surface area contributed by atoms with Crippen molar-refractivity contribution in [2.45, 2.75) is 13.1 Å². The summed E-state index contributed by atoms with van der Waals surface area (Å²) in [6.07, 6.45) is 0. The molecule has 0 fully saturated rings. The third-order valence-electron chi connectivity index (χ3n) is 3.23. The van der Waals surface area contributed by atoms with Gasteiger partial charge in [0.1, 0.15) is 5.75 Å². The number of hydrogen-bond acceptors (Lipinski definition) is 6. The summed E-state index contributed by atoms with van der Waals surface area (Å²) >= 11 is 1.12. The Morgan fingerprint density at radius 3 is 2.77 bits per heavy atom. The van der Waals surface area contributed by atoms with Gasteiger partial charge in [-0.15, -0.1) is 0 Å². The highest BCUT2D eigenvalue weighted by atomic mass is 32.1. The van der Waals surface area contributed by atoms with Crippen LogP contribution in [0.3, 0.4) is 0 Å². The Morgan fingerprint density at radius 2 is 2.14 bits per heavy atom. The lowest BCUT2D eigenvalue weighted by molar-refractivity contribution is -0.380. The fourth-order valence-electron chi connectivity index (χ4n) is 2.23. The average molecular weight is 322 g/mol. The number of methoxy groups -OCH3 is 1. The molecular weight excluding hydrogens is 304 g/mol. The maximum Gasteiger partial charge on any atom is 0.324 e. The largest absolute Gasteiger partial charge is 0.496 e. The number of hydrogen-bond donors (Lipinski definition) is 1. The Hall–Kier alpha value is -1.96. The number of ether oxygens (including phenoxy) is 1. The van der Waals surface area contributed by atoms with Crippen LogP contribution in [0.1, 0.15) is 11.1 Å². The Morgan fingerprint density at radius 1 is 1.36 bits per heavy atom. The molecule has 0 aliphatic rings. The fraction of sp³-hybridized carbons (Fsp3) is 0.333. The number of nitro groups is 1. The van der Waals surface area contributed by atoms with Gasteiger partial charge in [0.15, 0.2) is 0 Å². The van der Waals surface area contributed by atoms with Crippen LogP contribution in [0.4, 0.5) is 5.00 Å². The quantitative estimate of drug-likeness (QED) is 0.597. The van der Waals surface area contributed by atoms with E-state index in [-0.39, 0.29) is 16.5 Å². The van der Waals surface area contributed by atoms with Gasteiger partial charge in [-0.05, 0) is 11.6 Å². The van der Waals surface area contributed by atoms with Gasteiger partial charge in [-0.2, -0.15) is 0 Å². The summed E-state index contributed by atoms with van der Waals surface area (Å²) in [4.78, 5) is 12.4. The van der Waals surface area contributed by atoms with E-state index in [2.05, 4.69) is 0 Å². The molecule has 0 aliphatic carbocycles. The van der Waals surface area contributed by atoms with Crippen LogP contribution in [0.15, 0.2) is 35.7 Å². The van der Waals surface area contributed by atoms with Crippen molar-refractivity contribution in [3.8, 4) is 5.75 Å². The molecule has 0 saturated heterocycles. The van der Waals surface area contributed by atoms with Gasteiger partial charge in [0, 0.05) is 36.6 Å². The van der Waals surface area contributed by atoms with Crippen molar-refractivity contribution >= 4 is 16.3 Å². The number of rotatable bonds is 8. The lowest BCUT2D eigenvalue weighted by Gasteiger charge is -2.21. The Labute approximate surface area is 132 Å². The van der Waals surface area contributed by atoms with Crippen LogP contribution in [0, 0.1) is 10.1 Å². The summed E-state index contributed by atoms with van der Waals surface area (Å²) in [7, 11) is 1.62. The predicted molar refractivity (Wildman–Crippen MR) is 85.2 cm³/mol. The molecule has 0 radical (unpaired) electrons. The topological polar surface area (TPSA) is 75.8 Å². The molecule has 0 saturated carbocycles. The normalized spacial score (nSPS) is 10.9. The molecule has 1 aromatic heterocycles. The number of benzene rings is 1. The second-order valence-corrected chi connectivity index (χ2v) is 5.69. The van der Waals surface area contributed by atoms with Gasteiger partial charge in [-0.1, -0.05) is 29.5 Å². The molecular formula is C15H18N2O4S. The maximum atomic E-state index is 10.7. The summed E-state index contributed by atoms with van der Waals surface area (Å²) in [6.45, 7) is 1.67. The Balaban J connectivity index is 2.10. The first-order chi connectivity index (χ1) is 10.6. The molecule has 2 aromatic rings. The predicted octanol–water partition coefficient (Wildman–Crippen LogP) is 2.66. The molecule has 0 atom stereocenters. The summed E-state index contributed by atoms with van der Waals surface area (Å²) in [5, 5.41) is 21.9. The van der Waals surface area contributed by atoms with Gasteiger partial charge in [-0.3, -0.25) is 15.0 Å². The van der Waals surface area contributed by atoms with Gasteiger partial charge in [0.25, 0.3) is 0 Å². The first-order valence-electron chi connectivity index (χ1n) is 6.81. The molecule has 6 nitrogen and oxygen atoms in total. The van der Waals surface area contributed by atoms with E-state index in [9.17, 15) is 15.2 Å². The van der Waals surface area contributed by atoms with E-state index >= 15 is 0 Å². The van der Waals surface area contributed by atoms with Crippen molar-refractivity contribution in [2.75, 3.05) is 20.3 Å². The second kappa shape index (κ2) is 7.88. The summed E-state index contributed by atoms with van der Waals surface area (Å²) < 4.78 is 5.33. The standard InChI is InChI=1S/C15H18N2O4S/c1-21-14-5-3-2-4-13(14)10-16(6-7-18)9-12-8-15(17(19)20)22-11-12/h2-5,8,11,18H,6-7,9-10H2,1H3. The van der Waals surface area contributed by atoms with E-state index in [0.717, 1.165) is 28.2 Å². The van der Waals surface area contributed by atoms with Crippen molar-refractivity contribution < 1.29 is 14.8 Å². The third-order valence-corrected chi connectivity index (χ3v) is 4.16. The zero-order chi connectivity index (χ0) is 15.9. The van der Waals surface area contributed by atoms with Crippen molar-refractivity contribution in [3.63, 3.8) is 0 Å². The van der Waals surface area contributed by atoms with Crippen molar-refractivity contribution in [3.05, 3.63) is 57.0 Å². The van der Waals surface area contributed by atoms with Gasteiger partial charge in [0.05, 0.1) is 18.6 Å². The molecule has 7 heteroatoms. The Kier molecular flexibility index (Phi) is 5.88. The average Bonchev–Trinajstić information content (AvgIpc) is 2.97. The van der Waals surface area contributed by atoms with Gasteiger partial charge < -0.3 is 9.84 Å². The van der Waals surface area contributed by atoms with E-state index in [4.69, 9.17) is 4.74 Å². The van der Waals surface area contributed by atoms with E-state index in [1.165, 1.54) is 0 Å². The summed E-state index contributed by atoms with van der Waals surface area (Å²) in [5.41, 5.74) is 1.89. The molecule has 1 heterocycles. The van der Waals surface area contributed by atoms with Gasteiger partial charge >= 0.3 is 5.00 Å². The third kappa shape index (κ3) is 4.27. The van der Waals surface area contributed by atoms with Crippen LogP contribution in [-0.2, 0) is 13.1 Å². The highest BCUT2D eigenvalue weighted by molar-refractivity contribution is 7.13. The first-order valence-corrected chi connectivity index (χ1v) is 7.69. The lowest BCUT2D eigenvalue weighted by Crippen LogP contribution is -2.26. The monoisotopic (exact) mass is 322 g/mol. The van der Waals surface area contributed by atoms with E-state index in [1.807, 2.05) is 29.2 Å². The van der Waals surface area contributed by atoms with Crippen molar-refractivity contribution in [2.24, 2.45) is 0 Å². The van der Waals surface area contributed by atoms with Gasteiger partial charge in [0.2, 0.25) is 0 Å². The van der Waals surface area contributed by atoms with Crippen LogP contribution in [0.25, 0.3) is 0 Å². The highest BCUT2D eigenvalue weighted by Gasteiger charge is 2.14. The molecule has 22 heavy (non-hydrogen) atoms. The molecule has 2 rings (SSSR count). The van der Waals surface area contributed by atoms with Crippen LogP contribution in [0.5, 0.6) is 5.75 Å². The van der Waals surface area contributed by atoms with Gasteiger partial charge in [-0.25, -0.2) is 0 Å². The molecule has 1 aromatic carbocycles. The molecule has 0 amide bonds. The Bertz CT molecular complexity index is 630. The van der Waals surface area contributed by atoms with Crippen molar-refractivity contribution in [1.82, 2.24) is 4.90 Å². The molecule has 0 spiro atoms. The summed E-state index contributed by atoms with van der Waals surface area (Å²) in [6, 6.07) is 9.28. The zero-order valence-corrected chi connectivity index (χ0v) is 13.1. The summed E-state index contributed by atoms with van der Waals surface area (Å²) in [5.74, 6) is 0.793. The van der Waals surface area contributed by atoms with Crippen LogP contribution in [-0.4, -0.2) is 35.2 Å². The minimum atomic E-state index is -0.384. The fourth-order valence-corrected chi connectivity index (χ4v) is 2.95. The minimum absolute atomic E-state index is 0.0291. The number of aliphatic hydroxyl groups excluding tert-OH is 1. The SMILES string of the molecule is COc1ccccc1CN(CCO)Cc1csc([N+](=O)[O-])c1. The molecule has 1 N–H and O–H groups in total. The van der Waals surface area contributed by atoms with E-state index in [0.29, 0.717) is 19.6 Å². The molecule has 0 unspecified atom stereocenters. The number of nitrogens with zero attached hydrogens (tertiary/aromatic N) is 2. The highest BCUT2D eigenvalue weighted by Crippen LogP contribution is 2.25.